The number of quaternary nitrogens is 1. The minimum Gasteiger partial charge on any atom is -0.462 e. The first-order valence-corrected chi connectivity index (χ1v) is 25.6. The molecule has 0 bridgehead atoms. The number of carbonyl (C=O) groups is 2. The third kappa shape index (κ3) is 44.1. The lowest BCUT2D eigenvalue weighted by Crippen LogP contribution is -2.37. The van der Waals surface area contributed by atoms with Crippen molar-refractivity contribution in [1.82, 2.24) is 0 Å². The zero-order valence-corrected chi connectivity index (χ0v) is 39.4. The van der Waals surface area contributed by atoms with Crippen molar-refractivity contribution in [3.05, 3.63) is 24.3 Å². The van der Waals surface area contributed by atoms with Crippen LogP contribution in [0.3, 0.4) is 0 Å². The zero-order chi connectivity index (χ0) is 42.8. The summed E-state index contributed by atoms with van der Waals surface area (Å²) >= 11 is 0. The molecule has 0 saturated carbocycles. The Morgan fingerprint density at radius 2 is 0.879 bits per heavy atom. The van der Waals surface area contributed by atoms with Gasteiger partial charge in [0.15, 0.2) is 6.10 Å². The number of ether oxygens (including phenoxy) is 2. The Morgan fingerprint density at radius 1 is 0.517 bits per heavy atom. The zero-order valence-electron chi connectivity index (χ0n) is 38.5. The van der Waals surface area contributed by atoms with Crippen LogP contribution < -0.4 is 0 Å². The highest BCUT2D eigenvalue weighted by atomic mass is 31.2. The van der Waals surface area contributed by atoms with E-state index < -0.39 is 26.5 Å². The number of unbranched alkanes of at least 4 members (excludes halogenated alkanes) is 26. The second-order valence-corrected chi connectivity index (χ2v) is 18.9. The van der Waals surface area contributed by atoms with Gasteiger partial charge in [0, 0.05) is 12.8 Å². The van der Waals surface area contributed by atoms with Gasteiger partial charge in [-0.3, -0.25) is 18.6 Å². The highest BCUT2D eigenvalue weighted by Gasteiger charge is 2.27. The Bertz CT molecular complexity index is 1040. The molecule has 342 valence electrons. The van der Waals surface area contributed by atoms with E-state index in [0.717, 1.165) is 38.5 Å². The molecule has 0 fully saturated rings. The molecule has 0 amide bonds. The van der Waals surface area contributed by atoms with E-state index in [1.807, 2.05) is 21.1 Å². The molecule has 1 unspecified atom stereocenters. The highest BCUT2D eigenvalue weighted by Crippen LogP contribution is 2.43. The summed E-state index contributed by atoms with van der Waals surface area (Å²) in [5.74, 6) is -0.798. The predicted molar refractivity (Wildman–Crippen MR) is 243 cm³/mol. The van der Waals surface area contributed by atoms with Gasteiger partial charge in [0.25, 0.3) is 0 Å². The first-order valence-electron chi connectivity index (χ1n) is 24.1. The lowest BCUT2D eigenvalue weighted by atomic mass is 10.1. The van der Waals surface area contributed by atoms with E-state index in [-0.39, 0.29) is 32.0 Å². The number of allylic oxidation sites excluding steroid dienone is 4. The quantitative estimate of drug-likeness (QED) is 0.0212. The van der Waals surface area contributed by atoms with E-state index in [0.29, 0.717) is 17.4 Å². The summed E-state index contributed by atoms with van der Waals surface area (Å²) in [4.78, 5) is 35.5. The molecule has 0 aromatic rings. The standard InChI is InChI=1S/C48H92NO8P/c1-6-8-10-12-14-16-18-20-22-24-26-28-30-32-34-36-38-40-47(50)54-44-46(45-56-58(52,53)55-43-42-49(3,4)5)57-48(51)41-39-37-35-33-31-29-27-25-23-21-19-17-15-13-11-9-7-2/h17,19-20,22,46H,6-16,18,21,23-45H2,1-5H3/p+1/b19-17+,22-20+/t46-/m1/s1. The van der Waals surface area contributed by atoms with Crippen molar-refractivity contribution in [2.24, 2.45) is 0 Å². The van der Waals surface area contributed by atoms with Crippen LogP contribution in [0.4, 0.5) is 0 Å². The Morgan fingerprint density at radius 3 is 1.29 bits per heavy atom. The number of phosphoric ester groups is 1. The van der Waals surface area contributed by atoms with Gasteiger partial charge in [-0.25, -0.2) is 4.57 Å². The average Bonchev–Trinajstić information content (AvgIpc) is 3.17. The van der Waals surface area contributed by atoms with Crippen LogP contribution in [0.15, 0.2) is 24.3 Å². The number of carbonyl (C=O) groups excluding carboxylic acids is 2. The highest BCUT2D eigenvalue weighted by molar-refractivity contribution is 7.47. The Balaban J connectivity index is 4.29. The van der Waals surface area contributed by atoms with Gasteiger partial charge < -0.3 is 18.9 Å². The van der Waals surface area contributed by atoms with Crippen LogP contribution in [0.1, 0.15) is 219 Å². The van der Waals surface area contributed by atoms with Crippen molar-refractivity contribution in [1.29, 1.82) is 0 Å². The van der Waals surface area contributed by atoms with Crippen LogP contribution in [0.2, 0.25) is 0 Å². The third-order valence-corrected chi connectivity index (χ3v) is 11.4. The molecule has 0 heterocycles. The lowest BCUT2D eigenvalue weighted by molar-refractivity contribution is -0.870. The average molecular weight is 843 g/mol. The fourth-order valence-corrected chi connectivity index (χ4v) is 7.39. The Hall–Kier alpha value is -1.51. The second-order valence-electron chi connectivity index (χ2n) is 17.5. The maximum absolute atomic E-state index is 12.7. The number of nitrogens with zero attached hydrogens (tertiary/aromatic N) is 1. The van der Waals surface area contributed by atoms with E-state index in [1.54, 1.807) is 0 Å². The van der Waals surface area contributed by atoms with Crippen LogP contribution in [-0.4, -0.2) is 74.9 Å². The van der Waals surface area contributed by atoms with Crippen molar-refractivity contribution in [3.63, 3.8) is 0 Å². The summed E-state index contributed by atoms with van der Waals surface area (Å²) in [6.07, 6.45) is 45.0. The van der Waals surface area contributed by atoms with Gasteiger partial charge in [0.1, 0.15) is 19.8 Å². The smallest absolute Gasteiger partial charge is 0.462 e. The van der Waals surface area contributed by atoms with Crippen LogP contribution in [0, 0.1) is 0 Å². The normalized spacial score (nSPS) is 13.7. The third-order valence-electron chi connectivity index (χ3n) is 10.5. The van der Waals surface area contributed by atoms with Gasteiger partial charge in [0.05, 0.1) is 27.7 Å². The molecule has 9 nitrogen and oxygen atoms in total. The number of hydrogen-bond donors (Lipinski definition) is 1. The van der Waals surface area contributed by atoms with Gasteiger partial charge in [-0.1, -0.05) is 167 Å². The topological polar surface area (TPSA) is 108 Å². The van der Waals surface area contributed by atoms with Crippen molar-refractivity contribution in [2.45, 2.75) is 225 Å². The largest absolute Gasteiger partial charge is 0.472 e. The van der Waals surface area contributed by atoms with Gasteiger partial charge >= 0.3 is 19.8 Å². The lowest BCUT2D eigenvalue weighted by Gasteiger charge is -2.24. The Labute approximate surface area is 358 Å². The summed E-state index contributed by atoms with van der Waals surface area (Å²) in [5.41, 5.74) is 0. The maximum atomic E-state index is 12.7. The van der Waals surface area contributed by atoms with E-state index >= 15 is 0 Å². The van der Waals surface area contributed by atoms with Crippen LogP contribution in [-0.2, 0) is 32.7 Å². The molecule has 0 aliphatic rings. The number of phosphoric acid groups is 1. The number of likely N-dealkylation sites (N-methyl/N-ethyl adjacent to an activating group) is 1. The fourth-order valence-electron chi connectivity index (χ4n) is 6.65. The minimum atomic E-state index is -4.38. The minimum absolute atomic E-state index is 0.0321. The summed E-state index contributed by atoms with van der Waals surface area (Å²) in [6, 6.07) is 0. The summed E-state index contributed by atoms with van der Waals surface area (Å²) < 4.78 is 34.4. The molecule has 0 radical (unpaired) electrons. The summed E-state index contributed by atoms with van der Waals surface area (Å²) in [7, 11) is 1.48. The van der Waals surface area contributed by atoms with Gasteiger partial charge in [-0.05, 0) is 64.2 Å². The van der Waals surface area contributed by atoms with Crippen LogP contribution in [0.25, 0.3) is 0 Å². The monoisotopic (exact) mass is 843 g/mol. The van der Waals surface area contributed by atoms with Gasteiger partial charge in [-0.2, -0.15) is 0 Å². The maximum Gasteiger partial charge on any atom is 0.472 e. The van der Waals surface area contributed by atoms with Gasteiger partial charge in [-0.15, -0.1) is 0 Å². The predicted octanol–water partition coefficient (Wildman–Crippen LogP) is 13.9. The molecule has 0 aromatic heterocycles. The summed E-state index contributed by atoms with van der Waals surface area (Å²) in [6.45, 7) is 4.42. The fraction of sp³-hybridized carbons (Fsp3) is 0.875. The molecule has 0 saturated heterocycles. The first kappa shape index (κ1) is 56.5. The molecule has 0 spiro atoms. The molecular weight excluding hydrogens is 750 g/mol. The molecule has 10 heteroatoms. The van der Waals surface area contributed by atoms with Crippen molar-refractivity contribution >= 4 is 19.8 Å². The summed E-state index contributed by atoms with van der Waals surface area (Å²) in [5, 5.41) is 0. The second kappa shape index (κ2) is 40.9. The molecular formula is C48H93NO8P+. The van der Waals surface area contributed by atoms with Crippen molar-refractivity contribution < 1.29 is 42.1 Å². The number of esters is 2. The molecule has 58 heavy (non-hydrogen) atoms. The molecule has 0 rings (SSSR count). The van der Waals surface area contributed by atoms with Crippen molar-refractivity contribution in [2.75, 3.05) is 47.5 Å². The molecule has 0 aromatic carbocycles. The van der Waals surface area contributed by atoms with E-state index in [2.05, 4.69) is 38.2 Å². The Kier molecular flexibility index (Phi) is 39.8. The molecule has 0 aliphatic heterocycles. The SMILES string of the molecule is CCCCCC/C=C/CCCCCCCCCCCC(=O)O[C@H](COC(=O)CCCCCCCCC/C=C/CCCCCCCC)COP(=O)(O)OCC[N+](C)(C)C. The van der Waals surface area contributed by atoms with Crippen LogP contribution >= 0.6 is 7.82 Å². The van der Waals surface area contributed by atoms with Gasteiger partial charge in [0.2, 0.25) is 0 Å². The molecule has 0 aliphatic carbocycles. The van der Waals surface area contributed by atoms with E-state index in [1.165, 1.54) is 148 Å². The molecule has 1 N–H and O–H groups in total. The first-order chi connectivity index (χ1) is 28.0. The van der Waals surface area contributed by atoms with Crippen LogP contribution in [0.5, 0.6) is 0 Å². The number of hydrogen-bond acceptors (Lipinski definition) is 7. The van der Waals surface area contributed by atoms with E-state index in [4.69, 9.17) is 18.5 Å². The molecule has 2 atom stereocenters. The number of rotatable bonds is 44. The van der Waals surface area contributed by atoms with E-state index in [9.17, 15) is 19.0 Å². The van der Waals surface area contributed by atoms with Crippen molar-refractivity contribution in [3.8, 4) is 0 Å².